The molecule has 1 heterocycles. The molecule has 1 atom stereocenters. The summed E-state index contributed by atoms with van der Waals surface area (Å²) >= 11 is 0. The predicted molar refractivity (Wildman–Crippen MR) is 114 cm³/mol. The van der Waals surface area contributed by atoms with E-state index in [1.807, 2.05) is 18.2 Å². The monoisotopic (exact) mass is 397 g/mol. The van der Waals surface area contributed by atoms with Crippen LogP contribution in [0.2, 0.25) is 0 Å². The van der Waals surface area contributed by atoms with Crippen LogP contribution in [0.1, 0.15) is 55.3 Å². The number of methoxy groups -OCH3 is 2. The Balaban J connectivity index is 2.01. The van der Waals surface area contributed by atoms with Gasteiger partial charge in [0.15, 0.2) is 0 Å². The molecule has 0 aromatic heterocycles. The van der Waals surface area contributed by atoms with E-state index in [2.05, 4.69) is 43.0 Å². The lowest BCUT2D eigenvalue weighted by Crippen LogP contribution is -2.39. The second-order valence-corrected chi connectivity index (χ2v) is 7.98. The molecule has 2 aromatic rings. The number of carboxylic acids is 1. The fourth-order valence-electron chi connectivity index (χ4n) is 4.11. The molecule has 1 aliphatic heterocycles. The van der Waals surface area contributed by atoms with Crippen molar-refractivity contribution in [2.75, 3.05) is 27.3 Å². The van der Waals surface area contributed by atoms with Crippen molar-refractivity contribution in [1.82, 2.24) is 4.90 Å². The maximum absolute atomic E-state index is 11.4. The van der Waals surface area contributed by atoms with Crippen molar-refractivity contribution in [3.63, 3.8) is 0 Å². The molecule has 1 unspecified atom stereocenters. The highest BCUT2D eigenvalue weighted by molar-refractivity contribution is 5.70. The minimum atomic E-state index is -0.693. The maximum Gasteiger partial charge on any atom is 0.306 e. The third-order valence-electron chi connectivity index (χ3n) is 5.89. The third-order valence-corrected chi connectivity index (χ3v) is 5.89. The summed E-state index contributed by atoms with van der Waals surface area (Å²) in [6, 6.07) is 14.6. The molecular weight excluding hydrogens is 366 g/mol. The number of hydrogen-bond acceptors (Lipinski definition) is 4. The lowest BCUT2D eigenvalue weighted by molar-refractivity contribution is -0.143. The molecule has 0 saturated carbocycles. The highest BCUT2D eigenvalue weighted by Crippen LogP contribution is 2.39. The first kappa shape index (κ1) is 21.2. The van der Waals surface area contributed by atoms with Gasteiger partial charge in [0.25, 0.3) is 0 Å². The van der Waals surface area contributed by atoms with Gasteiger partial charge < -0.3 is 14.6 Å². The number of benzene rings is 2. The molecule has 5 nitrogen and oxygen atoms in total. The third kappa shape index (κ3) is 4.73. The Morgan fingerprint density at radius 1 is 1.00 bits per heavy atom. The van der Waals surface area contributed by atoms with E-state index in [-0.39, 0.29) is 12.0 Å². The second-order valence-electron chi connectivity index (χ2n) is 7.98. The summed E-state index contributed by atoms with van der Waals surface area (Å²) in [6.45, 7) is 5.84. The van der Waals surface area contributed by atoms with E-state index in [4.69, 9.17) is 9.47 Å². The zero-order valence-electron chi connectivity index (χ0n) is 17.7. The number of likely N-dealkylation sites (tertiary alicyclic amines) is 1. The minimum absolute atomic E-state index is 0.0176. The van der Waals surface area contributed by atoms with Gasteiger partial charge >= 0.3 is 5.97 Å². The van der Waals surface area contributed by atoms with E-state index in [9.17, 15) is 9.90 Å². The Morgan fingerprint density at radius 3 is 2.14 bits per heavy atom. The summed E-state index contributed by atoms with van der Waals surface area (Å²) in [5.74, 6) is 1.11. The van der Waals surface area contributed by atoms with Crippen LogP contribution in [-0.4, -0.2) is 43.3 Å². The molecule has 0 amide bonds. The molecule has 1 saturated heterocycles. The first-order chi connectivity index (χ1) is 13.9. The molecule has 1 aliphatic rings. The first-order valence-electron chi connectivity index (χ1n) is 10.2. The molecule has 0 spiro atoms. The van der Waals surface area contributed by atoms with Crippen molar-refractivity contribution < 1.29 is 19.4 Å². The lowest BCUT2D eigenvalue weighted by Gasteiger charge is -2.37. The van der Waals surface area contributed by atoms with E-state index >= 15 is 0 Å². The number of carbonyl (C=O) groups is 1. The van der Waals surface area contributed by atoms with Crippen molar-refractivity contribution in [3.05, 3.63) is 59.2 Å². The van der Waals surface area contributed by atoms with Crippen LogP contribution in [0, 0.1) is 5.92 Å². The van der Waals surface area contributed by atoms with Crippen LogP contribution in [-0.2, 0) is 4.79 Å². The highest BCUT2D eigenvalue weighted by Gasteiger charge is 2.31. The second kappa shape index (κ2) is 9.31. The van der Waals surface area contributed by atoms with Gasteiger partial charge in [0.2, 0.25) is 0 Å². The number of hydrogen-bond donors (Lipinski definition) is 1. The summed E-state index contributed by atoms with van der Waals surface area (Å²) in [5, 5.41) is 9.38. The number of rotatable bonds is 7. The SMILES string of the molecule is COc1ccc(OC)c(C(c2ccc(C(C)C)cc2)N2CCC(C(=O)O)CC2)c1. The van der Waals surface area contributed by atoms with Gasteiger partial charge in [-0.15, -0.1) is 0 Å². The number of piperidine rings is 1. The van der Waals surface area contributed by atoms with Gasteiger partial charge in [-0.3, -0.25) is 9.69 Å². The number of nitrogens with zero attached hydrogens (tertiary/aromatic N) is 1. The molecule has 5 heteroatoms. The van der Waals surface area contributed by atoms with Crippen molar-refractivity contribution in [3.8, 4) is 11.5 Å². The fraction of sp³-hybridized carbons (Fsp3) is 0.458. The maximum atomic E-state index is 11.4. The van der Waals surface area contributed by atoms with E-state index in [1.165, 1.54) is 11.1 Å². The Labute approximate surface area is 173 Å². The normalized spacial score (nSPS) is 16.6. The minimum Gasteiger partial charge on any atom is -0.497 e. The van der Waals surface area contributed by atoms with Gasteiger partial charge in [0.05, 0.1) is 26.2 Å². The van der Waals surface area contributed by atoms with Gasteiger partial charge in [-0.25, -0.2) is 0 Å². The molecule has 3 rings (SSSR count). The number of carboxylic acid groups (broad SMARTS) is 1. The Morgan fingerprint density at radius 2 is 1.62 bits per heavy atom. The molecule has 0 aliphatic carbocycles. The topological polar surface area (TPSA) is 59.0 Å². The largest absolute Gasteiger partial charge is 0.497 e. The van der Waals surface area contributed by atoms with Gasteiger partial charge in [-0.1, -0.05) is 38.1 Å². The Kier molecular flexibility index (Phi) is 6.80. The van der Waals surface area contributed by atoms with Gasteiger partial charge in [0, 0.05) is 5.56 Å². The molecule has 2 aromatic carbocycles. The van der Waals surface area contributed by atoms with E-state index < -0.39 is 5.97 Å². The molecular formula is C24H31NO4. The van der Waals surface area contributed by atoms with Crippen LogP contribution in [0.3, 0.4) is 0 Å². The summed E-state index contributed by atoms with van der Waals surface area (Å²) in [7, 11) is 3.34. The molecule has 0 bridgehead atoms. The molecule has 0 radical (unpaired) electrons. The standard InChI is InChI=1S/C24H31NO4/c1-16(2)17-5-7-18(8-6-17)23(25-13-11-19(12-14-25)24(26)27)21-15-20(28-3)9-10-22(21)29-4/h5-10,15-16,19,23H,11-14H2,1-4H3,(H,26,27). The van der Waals surface area contributed by atoms with Crippen LogP contribution in [0.25, 0.3) is 0 Å². The predicted octanol–water partition coefficient (Wildman–Crippen LogP) is 4.71. The highest BCUT2D eigenvalue weighted by atomic mass is 16.5. The molecule has 156 valence electrons. The van der Waals surface area contributed by atoms with Crippen LogP contribution in [0.15, 0.2) is 42.5 Å². The summed E-state index contributed by atoms with van der Waals surface area (Å²) in [5.41, 5.74) is 3.52. The average Bonchev–Trinajstić information content (AvgIpc) is 2.74. The smallest absolute Gasteiger partial charge is 0.306 e. The average molecular weight is 398 g/mol. The Hall–Kier alpha value is -2.53. The van der Waals surface area contributed by atoms with Crippen LogP contribution in [0.5, 0.6) is 11.5 Å². The van der Waals surface area contributed by atoms with Gasteiger partial charge in [-0.2, -0.15) is 0 Å². The van der Waals surface area contributed by atoms with E-state index in [0.717, 1.165) is 30.2 Å². The van der Waals surface area contributed by atoms with Gasteiger partial charge in [0.1, 0.15) is 11.5 Å². The van der Waals surface area contributed by atoms with E-state index in [0.29, 0.717) is 18.8 Å². The summed E-state index contributed by atoms with van der Waals surface area (Å²) in [6.07, 6.45) is 1.31. The van der Waals surface area contributed by atoms with Crippen LogP contribution >= 0.6 is 0 Å². The van der Waals surface area contributed by atoms with Crippen molar-refractivity contribution in [2.24, 2.45) is 5.92 Å². The fourth-order valence-corrected chi connectivity index (χ4v) is 4.11. The number of aliphatic carboxylic acids is 1. The Bertz CT molecular complexity index is 823. The van der Waals surface area contributed by atoms with Crippen LogP contribution < -0.4 is 9.47 Å². The van der Waals surface area contributed by atoms with Crippen LogP contribution in [0.4, 0.5) is 0 Å². The molecule has 29 heavy (non-hydrogen) atoms. The van der Waals surface area contributed by atoms with Crippen molar-refractivity contribution >= 4 is 5.97 Å². The molecule has 1 fully saturated rings. The zero-order chi connectivity index (χ0) is 21.0. The quantitative estimate of drug-likeness (QED) is 0.733. The van der Waals surface area contributed by atoms with Crippen molar-refractivity contribution in [2.45, 2.75) is 38.6 Å². The first-order valence-corrected chi connectivity index (χ1v) is 10.2. The molecule has 1 N–H and O–H groups in total. The zero-order valence-corrected chi connectivity index (χ0v) is 17.7. The van der Waals surface area contributed by atoms with E-state index in [1.54, 1.807) is 14.2 Å². The summed E-state index contributed by atoms with van der Waals surface area (Å²) in [4.78, 5) is 13.8. The summed E-state index contributed by atoms with van der Waals surface area (Å²) < 4.78 is 11.2. The lowest BCUT2D eigenvalue weighted by atomic mass is 9.90. The number of ether oxygens (including phenoxy) is 2. The van der Waals surface area contributed by atoms with Gasteiger partial charge in [-0.05, 0) is 61.2 Å². The van der Waals surface area contributed by atoms with Crippen molar-refractivity contribution in [1.29, 1.82) is 0 Å².